The molecule has 0 amide bonds. The monoisotopic (exact) mass is 263 g/mol. The first kappa shape index (κ1) is 12.3. The maximum Gasteiger partial charge on any atom is 0.316 e. The number of nitrogens with one attached hydrogen (secondary N) is 1. The van der Waals surface area contributed by atoms with Crippen molar-refractivity contribution in [3.05, 3.63) is 23.8 Å². The van der Waals surface area contributed by atoms with Crippen LogP contribution in [-0.4, -0.2) is 33.0 Å². The van der Waals surface area contributed by atoms with Crippen molar-refractivity contribution in [1.29, 1.82) is 0 Å². The van der Waals surface area contributed by atoms with Gasteiger partial charge in [-0.25, -0.2) is 0 Å². The summed E-state index contributed by atoms with van der Waals surface area (Å²) in [6, 6.07) is 5.71. The number of piperidine rings is 1. The standard InChI is InChI=1S/C14H17NO4/c1-17-13(16)14(4-6-15-7-5-14)10-2-3-11-12(8-10)19-9-18-11/h2-3,8,15H,4-7,9H2,1H3. The van der Waals surface area contributed by atoms with Gasteiger partial charge in [0.15, 0.2) is 11.5 Å². The molecule has 1 aromatic carbocycles. The maximum atomic E-state index is 12.3. The fraction of sp³-hybridized carbons (Fsp3) is 0.500. The number of carbonyl (C=O) groups is 1. The highest BCUT2D eigenvalue weighted by molar-refractivity contribution is 5.83. The van der Waals surface area contributed by atoms with Crippen LogP contribution in [0.25, 0.3) is 0 Å². The topological polar surface area (TPSA) is 56.8 Å². The van der Waals surface area contributed by atoms with Gasteiger partial charge in [-0.05, 0) is 43.6 Å². The molecule has 0 aromatic heterocycles. The van der Waals surface area contributed by atoms with E-state index in [1.807, 2.05) is 18.2 Å². The van der Waals surface area contributed by atoms with Crippen molar-refractivity contribution in [2.45, 2.75) is 18.3 Å². The van der Waals surface area contributed by atoms with Crippen molar-refractivity contribution in [2.24, 2.45) is 0 Å². The number of benzene rings is 1. The molecule has 0 saturated carbocycles. The summed E-state index contributed by atoms with van der Waals surface area (Å²) in [7, 11) is 1.44. The lowest BCUT2D eigenvalue weighted by Crippen LogP contribution is -2.46. The summed E-state index contributed by atoms with van der Waals surface area (Å²) in [5.41, 5.74) is 0.381. The molecule has 5 heteroatoms. The Morgan fingerprint density at radius 2 is 2.00 bits per heavy atom. The van der Waals surface area contributed by atoms with Gasteiger partial charge in [-0.2, -0.15) is 0 Å². The molecule has 1 aromatic rings. The first-order chi connectivity index (χ1) is 9.26. The SMILES string of the molecule is COC(=O)C1(c2ccc3c(c2)OCO3)CCNCC1. The highest BCUT2D eigenvalue weighted by Gasteiger charge is 2.43. The Labute approximate surface area is 111 Å². The van der Waals surface area contributed by atoms with E-state index in [4.69, 9.17) is 14.2 Å². The zero-order valence-electron chi connectivity index (χ0n) is 10.9. The smallest absolute Gasteiger partial charge is 0.316 e. The van der Waals surface area contributed by atoms with E-state index >= 15 is 0 Å². The zero-order chi connectivity index (χ0) is 13.3. The molecular weight excluding hydrogens is 246 g/mol. The van der Waals surface area contributed by atoms with Gasteiger partial charge in [0.2, 0.25) is 6.79 Å². The lowest BCUT2D eigenvalue weighted by molar-refractivity contribution is -0.148. The minimum Gasteiger partial charge on any atom is -0.468 e. The van der Waals surface area contributed by atoms with Crippen molar-refractivity contribution in [2.75, 3.05) is 27.0 Å². The van der Waals surface area contributed by atoms with E-state index < -0.39 is 5.41 Å². The summed E-state index contributed by atoms with van der Waals surface area (Å²) in [5, 5.41) is 3.28. The van der Waals surface area contributed by atoms with E-state index in [-0.39, 0.29) is 12.8 Å². The Morgan fingerprint density at radius 1 is 1.26 bits per heavy atom. The zero-order valence-corrected chi connectivity index (χ0v) is 10.9. The number of carbonyl (C=O) groups excluding carboxylic acids is 1. The van der Waals surface area contributed by atoms with Crippen molar-refractivity contribution >= 4 is 5.97 Å². The van der Waals surface area contributed by atoms with Crippen LogP contribution in [0.1, 0.15) is 18.4 Å². The molecule has 0 atom stereocenters. The van der Waals surface area contributed by atoms with Crippen LogP contribution < -0.4 is 14.8 Å². The Balaban J connectivity index is 2.02. The van der Waals surface area contributed by atoms with Gasteiger partial charge in [0.1, 0.15) is 0 Å². The third-order valence-electron chi connectivity index (χ3n) is 3.96. The van der Waals surface area contributed by atoms with Crippen LogP contribution in [0.15, 0.2) is 18.2 Å². The first-order valence-electron chi connectivity index (χ1n) is 6.45. The molecule has 102 valence electrons. The normalized spacial score (nSPS) is 20.1. The minimum atomic E-state index is -0.568. The van der Waals surface area contributed by atoms with E-state index in [1.165, 1.54) is 7.11 Å². The molecule has 0 unspecified atom stereocenters. The lowest BCUT2D eigenvalue weighted by atomic mass is 9.73. The van der Waals surface area contributed by atoms with E-state index in [1.54, 1.807) is 0 Å². The lowest BCUT2D eigenvalue weighted by Gasteiger charge is -2.35. The second-order valence-electron chi connectivity index (χ2n) is 4.89. The van der Waals surface area contributed by atoms with Gasteiger partial charge in [0.05, 0.1) is 12.5 Å². The summed E-state index contributed by atoms with van der Waals surface area (Å²) < 4.78 is 15.7. The van der Waals surface area contributed by atoms with Gasteiger partial charge < -0.3 is 19.5 Å². The first-order valence-corrected chi connectivity index (χ1v) is 6.45. The van der Waals surface area contributed by atoms with Gasteiger partial charge in [-0.15, -0.1) is 0 Å². The van der Waals surface area contributed by atoms with Crippen LogP contribution in [0, 0.1) is 0 Å². The number of hydrogen-bond acceptors (Lipinski definition) is 5. The van der Waals surface area contributed by atoms with Crippen molar-refractivity contribution in [1.82, 2.24) is 5.32 Å². The molecule has 2 aliphatic heterocycles. The molecule has 2 aliphatic rings. The fourth-order valence-electron chi connectivity index (χ4n) is 2.85. The highest BCUT2D eigenvalue weighted by Crippen LogP contribution is 2.40. The third kappa shape index (κ3) is 1.94. The molecule has 3 rings (SSSR count). The maximum absolute atomic E-state index is 12.3. The molecule has 0 bridgehead atoms. The summed E-state index contributed by atoms with van der Waals surface area (Å²) in [6.45, 7) is 1.86. The van der Waals surface area contributed by atoms with Crippen LogP contribution in [-0.2, 0) is 14.9 Å². The van der Waals surface area contributed by atoms with Crippen LogP contribution in [0.2, 0.25) is 0 Å². The molecule has 1 fully saturated rings. The van der Waals surface area contributed by atoms with Gasteiger partial charge in [-0.1, -0.05) is 6.07 Å². The van der Waals surface area contributed by atoms with Gasteiger partial charge in [0.25, 0.3) is 0 Å². The predicted molar refractivity (Wildman–Crippen MR) is 68.4 cm³/mol. The van der Waals surface area contributed by atoms with E-state index in [2.05, 4.69) is 5.32 Å². The number of hydrogen-bond donors (Lipinski definition) is 1. The molecule has 1 saturated heterocycles. The summed E-state index contributed by atoms with van der Waals surface area (Å²) in [4.78, 5) is 12.3. The highest BCUT2D eigenvalue weighted by atomic mass is 16.7. The Morgan fingerprint density at radius 3 is 2.74 bits per heavy atom. The second-order valence-corrected chi connectivity index (χ2v) is 4.89. The van der Waals surface area contributed by atoms with Crippen molar-refractivity contribution in [3.8, 4) is 11.5 Å². The molecule has 19 heavy (non-hydrogen) atoms. The van der Waals surface area contributed by atoms with Crippen LogP contribution in [0.5, 0.6) is 11.5 Å². The second kappa shape index (κ2) is 4.74. The number of fused-ring (bicyclic) bond motifs is 1. The van der Waals surface area contributed by atoms with Gasteiger partial charge in [0, 0.05) is 0 Å². The minimum absolute atomic E-state index is 0.173. The Kier molecular flexibility index (Phi) is 3.06. The van der Waals surface area contributed by atoms with Gasteiger partial charge in [-0.3, -0.25) is 4.79 Å². The van der Waals surface area contributed by atoms with Crippen LogP contribution >= 0.6 is 0 Å². The Bertz CT molecular complexity index is 494. The fourth-order valence-corrected chi connectivity index (χ4v) is 2.85. The average Bonchev–Trinajstić information content (AvgIpc) is 2.94. The summed E-state index contributed by atoms with van der Waals surface area (Å²) in [5.74, 6) is 1.27. The number of esters is 1. The van der Waals surface area contributed by atoms with E-state index in [0.29, 0.717) is 5.75 Å². The van der Waals surface area contributed by atoms with Crippen LogP contribution in [0.4, 0.5) is 0 Å². The van der Waals surface area contributed by atoms with Gasteiger partial charge >= 0.3 is 5.97 Å². The molecule has 0 radical (unpaired) electrons. The van der Waals surface area contributed by atoms with E-state index in [0.717, 1.165) is 37.2 Å². The Hall–Kier alpha value is -1.75. The number of ether oxygens (including phenoxy) is 3. The van der Waals surface area contributed by atoms with Crippen molar-refractivity contribution in [3.63, 3.8) is 0 Å². The summed E-state index contributed by atoms with van der Waals surface area (Å²) in [6.07, 6.45) is 1.47. The molecule has 0 aliphatic carbocycles. The number of methoxy groups -OCH3 is 1. The summed E-state index contributed by atoms with van der Waals surface area (Å²) >= 11 is 0. The predicted octanol–water partition coefficient (Wildman–Crippen LogP) is 1.21. The van der Waals surface area contributed by atoms with Crippen LogP contribution in [0.3, 0.4) is 0 Å². The quantitative estimate of drug-likeness (QED) is 0.813. The van der Waals surface area contributed by atoms with Crippen molar-refractivity contribution < 1.29 is 19.0 Å². The molecule has 0 spiro atoms. The third-order valence-corrected chi connectivity index (χ3v) is 3.96. The average molecular weight is 263 g/mol. The molecule has 1 N–H and O–H groups in total. The number of rotatable bonds is 2. The largest absolute Gasteiger partial charge is 0.468 e. The molecular formula is C14H17NO4. The van der Waals surface area contributed by atoms with E-state index in [9.17, 15) is 4.79 Å². The molecule has 2 heterocycles. The molecule has 5 nitrogen and oxygen atoms in total.